The molecule has 7 nitrogen and oxygen atoms in total. The Labute approximate surface area is 336 Å². The van der Waals surface area contributed by atoms with Gasteiger partial charge in [-0.05, 0) is 103 Å². The number of urea groups is 1. The maximum atomic E-state index is 15.5. The third-order valence-electron chi connectivity index (χ3n) is 15.5. The normalized spacial score (nSPS) is 33.4. The molecular formula is C50H54N2O5. The second-order valence-electron chi connectivity index (χ2n) is 18.1. The van der Waals surface area contributed by atoms with E-state index >= 15 is 4.79 Å². The molecule has 10 rings (SSSR count). The molecular weight excluding hydrogens is 709 g/mol. The number of Topliss-reactive ketones (excluding diaryl/α,β-unsaturated/α-hetero) is 1. The molecule has 0 aromatic heterocycles. The van der Waals surface area contributed by atoms with E-state index in [1.54, 1.807) is 12.0 Å². The van der Waals surface area contributed by atoms with Gasteiger partial charge in [0.15, 0.2) is 5.78 Å². The van der Waals surface area contributed by atoms with E-state index in [4.69, 9.17) is 4.74 Å². The van der Waals surface area contributed by atoms with Crippen LogP contribution in [0, 0.1) is 33.5 Å². The highest BCUT2D eigenvalue weighted by atomic mass is 16.5. The summed E-state index contributed by atoms with van der Waals surface area (Å²) in [5.74, 6) is 0.854. The van der Waals surface area contributed by atoms with Gasteiger partial charge in [0, 0.05) is 39.6 Å². The molecule has 57 heavy (non-hydrogen) atoms. The minimum absolute atomic E-state index is 0.0366. The quantitative estimate of drug-likeness (QED) is 0.117. The van der Waals surface area contributed by atoms with Gasteiger partial charge in [0.25, 0.3) is 0 Å². The van der Waals surface area contributed by atoms with Crippen LogP contribution >= 0.6 is 0 Å². The fraction of sp³-hybridized carbons (Fsp3) is 0.400. The first kappa shape index (κ1) is 37.6. The van der Waals surface area contributed by atoms with Crippen molar-refractivity contribution in [2.45, 2.75) is 77.0 Å². The molecule has 2 spiro atoms. The molecule has 3 saturated carbocycles. The van der Waals surface area contributed by atoms with Crippen molar-refractivity contribution in [2.24, 2.45) is 33.5 Å². The Bertz CT molecular complexity index is 2240. The average molecular weight is 763 g/mol. The van der Waals surface area contributed by atoms with Gasteiger partial charge in [-0.2, -0.15) is 0 Å². The lowest BCUT2D eigenvalue weighted by Gasteiger charge is -2.71. The Balaban J connectivity index is 1.12. The Hall–Kier alpha value is -4.98. The number of carbonyl (C=O) groups excluding carboxylic acids is 2. The number of ether oxygens (including phenoxy) is 1. The van der Waals surface area contributed by atoms with Crippen LogP contribution in [0.4, 0.5) is 10.5 Å². The van der Waals surface area contributed by atoms with Crippen molar-refractivity contribution in [3.8, 4) is 16.9 Å². The van der Waals surface area contributed by atoms with Gasteiger partial charge in [-0.15, -0.1) is 0 Å². The summed E-state index contributed by atoms with van der Waals surface area (Å²) in [5, 5.41) is 27.5. The van der Waals surface area contributed by atoms with Gasteiger partial charge in [0.1, 0.15) is 5.75 Å². The number of aliphatic hydroxyl groups is 2. The summed E-state index contributed by atoms with van der Waals surface area (Å²) >= 11 is 0. The maximum Gasteiger partial charge on any atom is 0.322 e. The minimum Gasteiger partial charge on any atom is -0.497 e. The van der Waals surface area contributed by atoms with E-state index in [1.807, 2.05) is 97.1 Å². The smallest absolute Gasteiger partial charge is 0.322 e. The van der Waals surface area contributed by atoms with Crippen molar-refractivity contribution >= 4 is 17.5 Å². The highest BCUT2D eigenvalue weighted by Gasteiger charge is 2.74. The molecule has 0 aliphatic heterocycles. The third kappa shape index (κ3) is 5.75. The molecule has 6 aliphatic rings. The molecule has 0 heterocycles. The second-order valence-corrected chi connectivity index (χ2v) is 18.1. The zero-order valence-corrected chi connectivity index (χ0v) is 33.3. The van der Waals surface area contributed by atoms with Gasteiger partial charge in [-0.25, -0.2) is 4.79 Å². The minimum atomic E-state index is -1.22. The first-order valence-corrected chi connectivity index (χ1v) is 20.7. The summed E-state index contributed by atoms with van der Waals surface area (Å²) in [6.07, 6.45) is 11.7. The average Bonchev–Trinajstić information content (AvgIpc) is 3.50. The van der Waals surface area contributed by atoms with E-state index in [0.717, 1.165) is 54.4 Å². The highest BCUT2D eigenvalue weighted by Crippen LogP contribution is 2.78. The monoisotopic (exact) mass is 762 g/mol. The fourth-order valence-corrected chi connectivity index (χ4v) is 12.5. The molecule has 294 valence electrons. The zero-order chi connectivity index (χ0) is 39.6. The molecule has 0 radical (unpaired) electrons. The molecule has 2 bridgehead atoms. The van der Waals surface area contributed by atoms with Crippen LogP contribution in [0.2, 0.25) is 0 Å². The summed E-state index contributed by atoms with van der Waals surface area (Å²) in [7, 11) is 1.61. The fourth-order valence-electron chi connectivity index (χ4n) is 12.5. The lowest BCUT2D eigenvalue weighted by atomic mass is 9.32. The standard InChI is InChI=1S/C50H54N2O5/c1-46-25-22-37(53)30-48(46)28-29-50(41(31-48)44(54)40-17-11-10-16-39(40)35-14-8-5-9-15-35)42(46)23-26-47(2)43(50)24-27-49(47,56)33-52(32-34-12-6-4-7-13-34)45(55)51-36-18-20-38(57-3)21-19-36/h4-21,28-29,31,37,42-43,53,56H,22-27,30,32-33H2,1-3H3,(H,51,55). The number of ketones is 1. The first-order valence-electron chi connectivity index (χ1n) is 20.7. The number of carbonyl (C=O) groups is 2. The molecule has 7 heteroatoms. The summed E-state index contributed by atoms with van der Waals surface area (Å²) < 4.78 is 5.34. The van der Waals surface area contributed by atoms with Gasteiger partial charge < -0.3 is 25.2 Å². The first-order chi connectivity index (χ1) is 27.5. The van der Waals surface area contributed by atoms with Crippen LogP contribution in [0.5, 0.6) is 5.75 Å². The van der Waals surface area contributed by atoms with E-state index in [-0.39, 0.29) is 35.6 Å². The van der Waals surface area contributed by atoms with Crippen LogP contribution in [0.15, 0.2) is 133 Å². The number of aliphatic hydroxyl groups excluding tert-OH is 1. The number of hydrogen-bond acceptors (Lipinski definition) is 5. The molecule has 4 aromatic rings. The molecule has 3 N–H and O–H groups in total. The van der Waals surface area contributed by atoms with Crippen molar-refractivity contribution in [3.05, 3.63) is 144 Å². The van der Waals surface area contributed by atoms with E-state index in [2.05, 4.69) is 49.5 Å². The Morgan fingerprint density at radius 2 is 1.44 bits per heavy atom. The Morgan fingerprint density at radius 3 is 2.18 bits per heavy atom. The lowest BCUT2D eigenvalue weighted by Crippen LogP contribution is -2.67. The van der Waals surface area contributed by atoms with E-state index in [9.17, 15) is 15.0 Å². The molecule has 2 amide bonds. The molecule has 4 aromatic carbocycles. The van der Waals surface area contributed by atoms with Crippen LogP contribution in [0.1, 0.15) is 74.7 Å². The van der Waals surface area contributed by atoms with Crippen molar-refractivity contribution in [1.82, 2.24) is 4.90 Å². The van der Waals surface area contributed by atoms with E-state index in [1.165, 1.54) is 0 Å². The van der Waals surface area contributed by atoms with E-state index in [0.29, 0.717) is 36.4 Å². The predicted molar refractivity (Wildman–Crippen MR) is 224 cm³/mol. The van der Waals surface area contributed by atoms with Crippen molar-refractivity contribution < 1.29 is 24.5 Å². The van der Waals surface area contributed by atoms with Gasteiger partial charge in [0.05, 0.1) is 25.4 Å². The van der Waals surface area contributed by atoms with Gasteiger partial charge in [-0.1, -0.05) is 117 Å². The topological polar surface area (TPSA) is 99.1 Å². The number of hydrogen-bond donors (Lipinski definition) is 3. The number of rotatable bonds is 9. The van der Waals surface area contributed by atoms with Gasteiger partial charge in [0.2, 0.25) is 0 Å². The van der Waals surface area contributed by atoms with Crippen molar-refractivity contribution in [3.63, 3.8) is 0 Å². The molecule has 0 saturated heterocycles. The summed E-state index contributed by atoms with van der Waals surface area (Å²) in [6.45, 7) is 5.13. The largest absolute Gasteiger partial charge is 0.497 e. The van der Waals surface area contributed by atoms with Crippen LogP contribution in [-0.2, 0) is 6.54 Å². The van der Waals surface area contributed by atoms with Crippen LogP contribution in [0.25, 0.3) is 11.1 Å². The highest BCUT2D eigenvalue weighted by molar-refractivity contribution is 6.14. The second kappa shape index (κ2) is 13.8. The summed E-state index contributed by atoms with van der Waals surface area (Å²) in [4.78, 5) is 31.6. The molecule has 3 fully saturated rings. The van der Waals surface area contributed by atoms with Crippen molar-refractivity contribution in [2.75, 3.05) is 19.0 Å². The number of nitrogens with one attached hydrogen (secondary N) is 1. The number of benzene rings is 4. The maximum absolute atomic E-state index is 15.5. The Kier molecular flexibility index (Phi) is 9.13. The Morgan fingerprint density at radius 1 is 0.789 bits per heavy atom. The zero-order valence-electron chi connectivity index (χ0n) is 33.3. The molecule has 6 aliphatic carbocycles. The van der Waals surface area contributed by atoms with Gasteiger partial charge >= 0.3 is 6.03 Å². The summed E-state index contributed by atoms with van der Waals surface area (Å²) in [6, 6.07) is 35.0. The number of amides is 2. The van der Waals surface area contributed by atoms with Crippen LogP contribution in [0.3, 0.4) is 0 Å². The number of allylic oxidation sites excluding steroid dienone is 4. The molecule has 8 unspecified atom stereocenters. The van der Waals surface area contributed by atoms with Crippen LogP contribution < -0.4 is 10.1 Å². The predicted octanol–water partition coefficient (Wildman–Crippen LogP) is 9.87. The SMILES string of the molecule is COc1ccc(NC(=O)N(Cc2ccccc2)CC2(O)CCC3C45C=CC6(C=C4C(=O)c4ccccc4-c4ccccc4)CC(O)CCC6(C)C5CCC32C)cc1. The van der Waals surface area contributed by atoms with Gasteiger partial charge in [-0.3, -0.25) is 4.79 Å². The number of methoxy groups -OCH3 is 1. The third-order valence-corrected chi connectivity index (χ3v) is 15.5. The summed E-state index contributed by atoms with van der Waals surface area (Å²) in [5.41, 5.74) is 2.01. The van der Waals surface area contributed by atoms with Crippen LogP contribution in [-0.4, -0.2) is 52.3 Å². The molecule has 8 atom stereocenters. The van der Waals surface area contributed by atoms with Crippen molar-refractivity contribution in [1.29, 1.82) is 0 Å². The van der Waals surface area contributed by atoms with E-state index < -0.39 is 27.9 Å². The lowest BCUT2D eigenvalue weighted by molar-refractivity contribution is -0.174. The number of fused-ring (bicyclic) bond motifs is 1. The number of nitrogens with zero attached hydrogens (tertiary/aromatic N) is 1. The number of anilines is 1.